The first kappa shape index (κ1) is 16.7. The van der Waals surface area contributed by atoms with Crippen molar-refractivity contribution in [3.63, 3.8) is 0 Å². The molecular formula is C20H29NO. The van der Waals surface area contributed by atoms with Gasteiger partial charge in [0.25, 0.3) is 0 Å². The van der Waals surface area contributed by atoms with Gasteiger partial charge >= 0.3 is 0 Å². The Morgan fingerprint density at radius 3 is 2.41 bits per heavy atom. The molecule has 0 spiro atoms. The fourth-order valence-corrected chi connectivity index (χ4v) is 2.89. The van der Waals surface area contributed by atoms with Crippen LogP contribution in [0.4, 0.5) is 5.69 Å². The van der Waals surface area contributed by atoms with E-state index >= 15 is 0 Å². The first-order valence-electron chi connectivity index (χ1n) is 8.58. The number of aryl methyl sites for hydroxylation is 1. The number of para-hydroxylation sites is 1. The summed E-state index contributed by atoms with van der Waals surface area (Å²) in [7, 11) is 0. The molecular weight excluding hydrogens is 270 g/mol. The van der Waals surface area contributed by atoms with Gasteiger partial charge < -0.3 is 9.32 Å². The summed E-state index contributed by atoms with van der Waals surface area (Å²) < 4.78 is 5.79. The molecule has 0 radical (unpaired) electrons. The molecule has 1 atom stereocenters. The van der Waals surface area contributed by atoms with Crippen molar-refractivity contribution in [1.29, 1.82) is 0 Å². The van der Waals surface area contributed by atoms with Gasteiger partial charge in [-0.3, -0.25) is 0 Å². The largest absolute Gasteiger partial charge is 0.464 e. The average Bonchev–Trinajstić information content (AvgIpc) is 2.96. The van der Waals surface area contributed by atoms with Crippen molar-refractivity contribution >= 4 is 5.69 Å². The minimum Gasteiger partial charge on any atom is -0.464 e. The third-order valence-corrected chi connectivity index (χ3v) is 4.29. The molecule has 120 valence electrons. The number of furan rings is 1. The fraction of sp³-hybridized carbons (Fsp3) is 0.500. The maximum absolute atomic E-state index is 5.79. The summed E-state index contributed by atoms with van der Waals surface area (Å²) >= 11 is 0. The zero-order valence-electron chi connectivity index (χ0n) is 14.2. The number of nitrogens with zero attached hydrogens (tertiary/aromatic N) is 1. The van der Waals surface area contributed by atoms with Gasteiger partial charge in [0.15, 0.2) is 0 Å². The highest BCUT2D eigenvalue weighted by Crippen LogP contribution is 2.22. The van der Waals surface area contributed by atoms with Gasteiger partial charge in [-0.05, 0) is 43.5 Å². The van der Waals surface area contributed by atoms with Crippen LogP contribution in [0.5, 0.6) is 0 Å². The average molecular weight is 299 g/mol. The third-order valence-electron chi connectivity index (χ3n) is 4.29. The Kier molecular flexibility index (Phi) is 6.57. The van der Waals surface area contributed by atoms with Crippen LogP contribution in [-0.2, 0) is 6.54 Å². The molecule has 0 saturated carbocycles. The van der Waals surface area contributed by atoms with Crippen LogP contribution in [0.15, 0.2) is 46.9 Å². The standard InChI is InChI=1S/C20H29NO/c1-4-6-10-18(5-2)15-21(19-11-8-7-9-12-19)16-20-14-13-17(3)22-20/h7-9,11-14,18H,4-6,10,15-16H2,1-3H3. The predicted molar refractivity (Wildman–Crippen MR) is 94.2 cm³/mol. The van der Waals surface area contributed by atoms with Gasteiger partial charge in [-0.15, -0.1) is 0 Å². The van der Waals surface area contributed by atoms with Gasteiger partial charge in [0.05, 0.1) is 6.54 Å². The Balaban J connectivity index is 2.10. The van der Waals surface area contributed by atoms with Crippen molar-refractivity contribution in [2.75, 3.05) is 11.4 Å². The summed E-state index contributed by atoms with van der Waals surface area (Å²) in [4.78, 5) is 2.46. The van der Waals surface area contributed by atoms with Crippen LogP contribution in [0.3, 0.4) is 0 Å². The predicted octanol–water partition coefficient (Wildman–Crippen LogP) is 5.81. The molecule has 0 amide bonds. The second-order valence-corrected chi connectivity index (χ2v) is 6.14. The Labute approximate surface area is 135 Å². The van der Waals surface area contributed by atoms with Crippen molar-refractivity contribution in [1.82, 2.24) is 0 Å². The summed E-state index contributed by atoms with van der Waals surface area (Å²) in [5.41, 5.74) is 1.28. The zero-order chi connectivity index (χ0) is 15.8. The molecule has 0 aliphatic rings. The molecule has 2 nitrogen and oxygen atoms in total. The number of rotatable bonds is 9. The fourth-order valence-electron chi connectivity index (χ4n) is 2.89. The second kappa shape index (κ2) is 8.67. The lowest BCUT2D eigenvalue weighted by atomic mass is 9.98. The number of benzene rings is 1. The van der Waals surface area contributed by atoms with E-state index in [1.165, 1.54) is 31.4 Å². The molecule has 0 aliphatic carbocycles. The highest BCUT2D eigenvalue weighted by Gasteiger charge is 2.15. The minimum absolute atomic E-state index is 0.746. The van der Waals surface area contributed by atoms with E-state index in [2.05, 4.69) is 55.1 Å². The SMILES string of the molecule is CCCCC(CC)CN(Cc1ccc(C)o1)c1ccccc1. The van der Waals surface area contributed by atoms with Gasteiger partial charge in [-0.2, -0.15) is 0 Å². The van der Waals surface area contributed by atoms with E-state index in [1.807, 2.05) is 13.0 Å². The summed E-state index contributed by atoms with van der Waals surface area (Å²) in [5.74, 6) is 2.78. The number of anilines is 1. The molecule has 1 aromatic carbocycles. The first-order valence-corrected chi connectivity index (χ1v) is 8.58. The van der Waals surface area contributed by atoms with E-state index < -0.39 is 0 Å². The van der Waals surface area contributed by atoms with Crippen molar-refractivity contribution in [2.24, 2.45) is 5.92 Å². The van der Waals surface area contributed by atoms with Crippen molar-refractivity contribution < 1.29 is 4.42 Å². The topological polar surface area (TPSA) is 16.4 Å². The van der Waals surface area contributed by atoms with Gasteiger partial charge in [0.1, 0.15) is 11.5 Å². The summed E-state index contributed by atoms with van der Waals surface area (Å²) in [6.07, 6.45) is 5.15. The minimum atomic E-state index is 0.746. The van der Waals surface area contributed by atoms with Crippen LogP contribution in [-0.4, -0.2) is 6.54 Å². The molecule has 0 bridgehead atoms. The Bertz CT molecular complexity index is 532. The molecule has 1 heterocycles. The smallest absolute Gasteiger partial charge is 0.123 e. The number of hydrogen-bond donors (Lipinski definition) is 0. The molecule has 1 aromatic heterocycles. The summed E-state index contributed by atoms with van der Waals surface area (Å²) in [6, 6.07) is 14.8. The lowest BCUT2D eigenvalue weighted by Gasteiger charge is -2.28. The van der Waals surface area contributed by atoms with E-state index in [9.17, 15) is 0 Å². The monoisotopic (exact) mass is 299 g/mol. The lowest BCUT2D eigenvalue weighted by molar-refractivity contribution is 0.427. The van der Waals surface area contributed by atoms with Crippen LogP contribution < -0.4 is 4.90 Å². The lowest BCUT2D eigenvalue weighted by Crippen LogP contribution is -2.28. The molecule has 2 aromatic rings. The second-order valence-electron chi connectivity index (χ2n) is 6.14. The zero-order valence-corrected chi connectivity index (χ0v) is 14.2. The van der Waals surface area contributed by atoms with Crippen LogP contribution in [0.2, 0.25) is 0 Å². The first-order chi connectivity index (χ1) is 10.7. The maximum atomic E-state index is 5.79. The van der Waals surface area contributed by atoms with Crippen LogP contribution in [0, 0.1) is 12.8 Å². The van der Waals surface area contributed by atoms with Gasteiger partial charge in [0, 0.05) is 12.2 Å². The number of hydrogen-bond acceptors (Lipinski definition) is 2. The van der Waals surface area contributed by atoms with Crippen molar-refractivity contribution in [3.8, 4) is 0 Å². The van der Waals surface area contributed by atoms with Crippen LogP contribution in [0.25, 0.3) is 0 Å². The Hall–Kier alpha value is -1.70. The van der Waals surface area contributed by atoms with Crippen LogP contribution in [0.1, 0.15) is 51.1 Å². The normalized spacial score (nSPS) is 12.3. The molecule has 0 saturated heterocycles. The number of unbranched alkanes of at least 4 members (excludes halogenated alkanes) is 1. The van der Waals surface area contributed by atoms with E-state index in [0.717, 1.165) is 30.5 Å². The molecule has 0 aliphatic heterocycles. The van der Waals surface area contributed by atoms with Gasteiger partial charge in [-0.1, -0.05) is 51.3 Å². The molecule has 2 rings (SSSR count). The Morgan fingerprint density at radius 1 is 1.05 bits per heavy atom. The third kappa shape index (κ3) is 4.94. The molecule has 0 N–H and O–H groups in total. The van der Waals surface area contributed by atoms with E-state index in [4.69, 9.17) is 4.42 Å². The molecule has 22 heavy (non-hydrogen) atoms. The highest BCUT2D eigenvalue weighted by atomic mass is 16.3. The van der Waals surface area contributed by atoms with E-state index in [-0.39, 0.29) is 0 Å². The van der Waals surface area contributed by atoms with E-state index in [1.54, 1.807) is 0 Å². The molecule has 0 fully saturated rings. The quantitative estimate of drug-likeness (QED) is 0.581. The Morgan fingerprint density at radius 2 is 1.82 bits per heavy atom. The summed E-state index contributed by atoms with van der Waals surface area (Å²) in [5, 5.41) is 0. The molecule has 2 heteroatoms. The molecule has 1 unspecified atom stereocenters. The van der Waals surface area contributed by atoms with Crippen LogP contribution >= 0.6 is 0 Å². The van der Waals surface area contributed by atoms with Gasteiger partial charge in [0.2, 0.25) is 0 Å². The van der Waals surface area contributed by atoms with Crippen molar-refractivity contribution in [3.05, 3.63) is 54.0 Å². The van der Waals surface area contributed by atoms with E-state index in [0.29, 0.717) is 0 Å². The highest BCUT2D eigenvalue weighted by molar-refractivity contribution is 5.46. The maximum Gasteiger partial charge on any atom is 0.123 e. The summed E-state index contributed by atoms with van der Waals surface area (Å²) in [6.45, 7) is 8.53. The van der Waals surface area contributed by atoms with Crippen molar-refractivity contribution in [2.45, 2.75) is 53.0 Å². The van der Waals surface area contributed by atoms with Gasteiger partial charge in [-0.25, -0.2) is 0 Å².